The van der Waals surface area contributed by atoms with Crippen molar-refractivity contribution in [2.24, 2.45) is 5.92 Å². The lowest BCUT2D eigenvalue weighted by atomic mass is 10.0. The molecule has 0 aliphatic carbocycles. The van der Waals surface area contributed by atoms with E-state index in [2.05, 4.69) is 5.32 Å². The zero-order chi connectivity index (χ0) is 15.2. The van der Waals surface area contributed by atoms with Gasteiger partial charge in [0.15, 0.2) is 0 Å². The van der Waals surface area contributed by atoms with Gasteiger partial charge in [0, 0.05) is 13.1 Å². The van der Waals surface area contributed by atoms with Crippen LogP contribution in [-0.4, -0.2) is 80.3 Å². The van der Waals surface area contributed by atoms with Crippen LogP contribution in [0.25, 0.3) is 0 Å². The molecule has 0 aromatic heterocycles. The first-order valence-corrected chi connectivity index (χ1v) is 7.17. The highest BCUT2D eigenvalue weighted by atomic mass is 16.6. The molecule has 2 heterocycles. The van der Waals surface area contributed by atoms with E-state index in [-0.39, 0.29) is 25.3 Å². The number of nitrogens with zero attached hydrogens (tertiary/aromatic N) is 1. The van der Waals surface area contributed by atoms with Crippen molar-refractivity contribution in [1.82, 2.24) is 10.2 Å². The molecule has 0 saturated carbocycles. The van der Waals surface area contributed by atoms with Crippen LogP contribution in [-0.2, 0) is 19.0 Å². The van der Waals surface area contributed by atoms with E-state index in [0.29, 0.717) is 32.9 Å². The van der Waals surface area contributed by atoms with Gasteiger partial charge in [-0.25, -0.2) is 4.79 Å². The molecule has 2 N–H and O–H groups in total. The third kappa shape index (κ3) is 4.05. The van der Waals surface area contributed by atoms with Crippen molar-refractivity contribution in [3.05, 3.63) is 0 Å². The topological polar surface area (TPSA) is 97.3 Å². The number of aliphatic carboxylic acids is 1. The number of likely N-dealkylation sites (N-methyl/N-ethyl adjacent to an activating group) is 1. The van der Waals surface area contributed by atoms with Crippen LogP contribution in [0.15, 0.2) is 0 Å². The van der Waals surface area contributed by atoms with Crippen molar-refractivity contribution in [2.75, 3.05) is 46.1 Å². The minimum Gasteiger partial charge on any atom is -0.481 e. The number of carboxylic acid groups (broad SMARTS) is 1. The Morgan fingerprint density at radius 2 is 2.05 bits per heavy atom. The van der Waals surface area contributed by atoms with E-state index in [4.69, 9.17) is 19.3 Å². The monoisotopic (exact) mass is 302 g/mol. The minimum absolute atomic E-state index is 0.142. The second-order valence-corrected chi connectivity index (χ2v) is 5.09. The predicted octanol–water partition coefficient (Wildman–Crippen LogP) is -0.467. The largest absolute Gasteiger partial charge is 0.481 e. The average Bonchev–Trinajstić information content (AvgIpc) is 2.96. The normalized spacial score (nSPS) is 29.1. The number of carbonyl (C=O) groups excluding carboxylic acids is 1. The van der Waals surface area contributed by atoms with Gasteiger partial charge in [0.05, 0.1) is 45.2 Å². The van der Waals surface area contributed by atoms with Gasteiger partial charge < -0.3 is 29.5 Å². The van der Waals surface area contributed by atoms with Gasteiger partial charge in [-0.3, -0.25) is 4.79 Å². The van der Waals surface area contributed by atoms with Gasteiger partial charge in [0.2, 0.25) is 0 Å². The summed E-state index contributed by atoms with van der Waals surface area (Å²) in [6, 6.07) is -0.732. The summed E-state index contributed by atoms with van der Waals surface area (Å²) in [5, 5.41) is 11.9. The summed E-state index contributed by atoms with van der Waals surface area (Å²) in [6.07, 6.45) is -0.156. The van der Waals surface area contributed by atoms with Crippen molar-refractivity contribution < 1.29 is 28.9 Å². The summed E-state index contributed by atoms with van der Waals surface area (Å²) in [7, 11) is 0. The Hall–Kier alpha value is -1.38. The van der Waals surface area contributed by atoms with E-state index in [1.807, 2.05) is 6.92 Å². The summed E-state index contributed by atoms with van der Waals surface area (Å²) in [6.45, 7) is 4.53. The van der Waals surface area contributed by atoms with Crippen LogP contribution < -0.4 is 5.32 Å². The molecule has 0 aromatic carbocycles. The molecule has 3 atom stereocenters. The number of carbonyl (C=O) groups is 2. The Kier molecular flexibility index (Phi) is 5.77. The maximum Gasteiger partial charge on any atom is 0.317 e. The second kappa shape index (κ2) is 7.58. The van der Waals surface area contributed by atoms with Crippen LogP contribution in [0.5, 0.6) is 0 Å². The van der Waals surface area contributed by atoms with E-state index < -0.39 is 17.9 Å². The van der Waals surface area contributed by atoms with Crippen LogP contribution in [0.3, 0.4) is 0 Å². The molecule has 2 rings (SSSR count). The molecule has 120 valence electrons. The van der Waals surface area contributed by atoms with E-state index in [9.17, 15) is 9.59 Å². The molecule has 2 amide bonds. The maximum atomic E-state index is 12.2. The number of hydrogen-bond acceptors (Lipinski definition) is 5. The third-order valence-electron chi connectivity index (χ3n) is 3.74. The SMILES string of the molecule is CCN(C(=O)NCC1COCCO1)C1COCC1C(=O)O. The van der Waals surface area contributed by atoms with Gasteiger partial charge in [-0.15, -0.1) is 0 Å². The summed E-state index contributed by atoms with van der Waals surface area (Å²) in [5.41, 5.74) is 0. The second-order valence-electron chi connectivity index (χ2n) is 5.09. The molecule has 0 radical (unpaired) electrons. The Balaban J connectivity index is 1.87. The van der Waals surface area contributed by atoms with E-state index in [1.54, 1.807) is 0 Å². The molecular weight excluding hydrogens is 280 g/mol. The van der Waals surface area contributed by atoms with Crippen LogP contribution >= 0.6 is 0 Å². The molecule has 2 aliphatic heterocycles. The highest BCUT2D eigenvalue weighted by Crippen LogP contribution is 2.20. The summed E-state index contributed by atoms with van der Waals surface area (Å²) in [5.74, 6) is -1.61. The number of amides is 2. The zero-order valence-electron chi connectivity index (χ0n) is 12.1. The van der Waals surface area contributed by atoms with Crippen LogP contribution in [0.2, 0.25) is 0 Å². The molecule has 2 fully saturated rings. The first kappa shape index (κ1) is 16.0. The number of ether oxygens (including phenoxy) is 3. The maximum absolute atomic E-state index is 12.2. The minimum atomic E-state index is -0.937. The van der Waals surface area contributed by atoms with Gasteiger partial charge in [-0.1, -0.05) is 0 Å². The smallest absolute Gasteiger partial charge is 0.317 e. The summed E-state index contributed by atoms with van der Waals surface area (Å²) in [4.78, 5) is 24.9. The average molecular weight is 302 g/mol. The van der Waals surface area contributed by atoms with Crippen molar-refractivity contribution in [1.29, 1.82) is 0 Å². The molecule has 2 saturated heterocycles. The molecule has 0 aromatic rings. The third-order valence-corrected chi connectivity index (χ3v) is 3.74. The Morgan fingerprint density at radius 3 is 2.67 bits per heavy atom. The zero-order valence-corrected chi connectivity index (χ0v) is 12.1. The standard InChI is InChI=1S/C13H22N2O6/c1-2-15(11-8-20-7-10(11)12(16)17)13(18)14-5-9-6-19-3-4-21-9/h9-11H,2-8H2,1H3,(H,14,18)(H,16,17). The molecule has 0 spiro atoms. The van der Waals surface area contributed by atoms with Crippen molar-refractivity contribution >= 4 is 12.0 Å². The number of nitrogens with one attached hydrogen (secondary N) is 1. The van der Waals surface area contributed by atoms with Gasteiger partial charge in [0.1, 0.15) is 5.92 Å². The lowest BCUT2D eigenvalue weighted by Gasteiger charge is -2.30. The number of carboxylic acids is 1. The molecule has 3 unspecified atom stereocenters. The number of urea groups is 1. The molecule has 2 aliphatic rings. The lowest BCUT2D eigenvalue weighted by molar-refractivity contribution is -0.142. The fourth-order valence-electron chi connectivity index (χ4n) is 2.57. The Labute approximate surface area is 123 Å². The Bertz CT molecular complexity index is 372. The van der Waals surface area contributed by atoms with Crippen molar-refractivity contribution in [3.63, 3.8) is 0 Å². The van der Waals surface area contributed by atoms with Crippen LogP contribution in [0.1, 0.15) is 6.92 Å². The fourth-order valence-corrected chi connectivity index (χ4v) is 2.57. The molecule has 8 heteroatoms. The van der Waals surface area contributed by atoms with Crippen molar-refractivity contribution in [2.45, 2.75) is 19.1 Å². The Morgan fingerprint density at radius 1 is 1.24 bits per heavy atom. The first-order chi connectivity index (χ1) is 10.1. The molecule has 8 nitrogen and oxygen atoms in total. The fraction of sp³-hybridized carbons (Fsp3) is 0.846. The van der Waals surface area contributed by atoms with Crippen LogP contribution in [0, 0.1) is 5.92 Å². The van der Waals surface area contributed by atoms with Gasteiger partial charge in [-0.05, 0) is 6.92 Å². The number of hydrogen-bond donors (Lipinski definition) is 2. The van der Waals surface area contributed by atoms with Crippen LogP contribution in [0.4, 0.5) is 4.79 Å². The molecule has 0 bridgehead atoms. The first-order valence-electron chi connectivity index (χ1n) is 7.17. The van der Waals surface area contributed by atoms with Gasteiger partial charge >= 0.3 is 12.0 Å². The predicted molar refractivity (Wildman–Crippen MR) is 72.1 cm³/mol. The van der Waals surface area contributed by atoms with E-state index in [0.717, 1.165) is 0 Å². The number of rotatable bonds is 5. The molecular formula is C13H22N2O6. The highest BCUT2D eigenvalue weighted by molar-refractivity contribution is 5.77. The molecule has 21 heavy (non-hydrogen) atoms. The van der Waals surface area contributed by atoms with E-state index >= 15 is 0 Å². The summed E-state index contributed by atoms with van der Waals surface area (Å²) < 4.78 is 15.9. The van der Waals surface area contributed by atoms with Crippen molar-refractivity contribution in [3.8, 4) is 0 Å². The van der Waals surface area contributed by atoms with Gasteiger partial charge in [0.25, 0.3) is 0 Å². The quantitative estimate of drug-likeness (QED) is 0.713. The van der Waals surface area contributed by atoms with E-state index in [1.165, 1.54) is 4.90 Å². The lowest BCUT2D eigenvalue weighted by Crippen LogP contribution is -2.52. The van der Waals surface area contributed by atoms with Gasteiger partial charge in [-0.2, -0.15) is 0 Å². The highest BCUT2D eigenvalue weighted by Gasteiger charge is 2.39. The summed E-state index contributed by atoms with van der Waals surface area (Å²) >= 11 is 0.